The normalized spacial score (nSPS) is 10.2. The smallest absolute Gasteiger partial charge is 0.357 e. The van der Waals surface area contributed by atoms with E-state index in [-0.39, 0.29) is 23.0 Å². The van der Waals surface area contributed by atoms with Crippen molar-refractivity contribution in [1.82, 2.24) is 9.38 Å². The summed E-state index contributed by atoms with van der Waals surface area (Å²) in [6.07, 6.45) is 1.84. The molecule has 0 aliphatic heterocycles. The molecule has 3 rings (SSSR count). The Morgan fingerprint density at radius 1 is 1.35 bits per heavy atom. The van der Waals surface area contributed by atoms with E-state index >= 15 is 0 Å². The highest BCUT2D eigenvalue weighted by Crippen LogP contribution is 2.27. The lowest BCUT2D eigenvalue weighted by Gasteiger charge is -2.03. The maximum absolute atomic E-state index is 12.1. The Hall–Kier alpha value is -1.66. The Morgan fingerprint density at radius 2 is 2.10 bits per heavy atom. The van der Waals surface area contributed by atoms with E-state index < -0.39 is 0 Å². The first-order valence-electron chi connectivity index (χ1n) is 5.99. The summed E-state index contributed by atoms with van der Waals surface area (Å²) in [4.78, 5) is 17.5. The number of imidazole rings is 1. The monoisotopic (exact) mass is 352 g/mol. The fourth-order valence-corrected chi connectivity index (χ4v) is 2.69. The van der Waals surface area contributed by atoms with E-state index in [2.05, 4.69) is 4.98 Å². The van der Waals surface area contributed by atoms with Gasteiger partial charge in [0.15, 0.2) is 10.7 Å². The predicted molar refractivity (Wildman–Crippen MR) is 84.8 cm³/mol. The quantitative estimate of drug-likeness (QED) is 0.673. The molecule has 20 heavy (non-hydrogen) atoms. The van der Waals surface area contributed by atoms with Crippen molar-refractivity contribution in [3.63, 3.8) is 0 Å². The van der Waals surface area contributed by atoms with Crippen molar-refractivity contribution in [2.45, 2.75) is 6.92 Å². The molecule has 0 aliphatic carbocycles. The highest BCUT2D eigenvalue weighted by molar-refractivity contribution is 8.93. The van der Waals surface area contributed by atoms with E-state index in [0.717, 1.165) is 10.5 Å². The molecule has 0 saturated carbocycles. The fourth-order valence-electron chi connectivity index (χ4n) is 1.98. The number of rotatable bonds is 3. The van der Waals surface area contributed by atoms with Gasteiger partial charge in [0.1, 0.15) is 5.69 Å². The zero-order valence-electron chi connectivity index (χ0n) is 10.8. The van der Waals surface area contributed by atoms with E-state index in [4.69, 9.17) is 4.74 Å². The number of fused-ring (bicyclic) bond motifs is 1. The summed E-state index contributed by atoms with van der Waals surface area (Å²) >= 11 is 1.50. The first-order valence-corrected chi connectivity index (χ1v) is 6.87. The number of carbonyl (C=O) groups is 1. The minimum absolute atomic E-state index is 0. The molecular weight excluding hydrogens is 340 g/mol. The van der Waals surface area contributed by atoms with E-state index in [1.165, 1.54) is 11.3 Å². The number of esters is 1. The molecule has 0 bridgehead atoms. The second kappa shape index (κ2) is 6.19. The van der Waals surface area contributed by atoms with Gasteiger partial charge in [0.25, 0.3) is 0 Å². The van der Waals surface area contributed by atoms with Crippen LogP contribution >= 0.6 is 28.3 Å². The van der Waals surface area contributed by atoms with Crippen LogP contribution in [0.15, 0.2) is 41.9 Å². The summed E-state index contributed by atoms with van der Waals surface area (Å²) in [5, 5.41) is 1.90. The van der Waals surface area contributed by atoms with Crippen LogP contribution in [0.5, 0.6) is 0 Å². The van der Waals surface area contributed by atoms with E-state index in [1.54, 1.807) is 11.3 Å². The molecule has 104 valence electrons. The lowest BCUT2D eigenvalue weighted by molar-refractivity contribution is 0.0519. The molecule has 4 nitrogen and oxygen atoms in total. The van der Waals surface area contributed by atoms with Gasteiger partial charge >= 0.3 is 5.97 Å². The minimum atomic E-state index is -0.341. The zero-order chi connectivity index (χ0) is 13.2. The topological polar surface area (TPSA) is 43.6 Å². The van der Waals surface area contributed by atoms with Gasteiger partial charge in [0.2, 0.25) is 0 Å². The Bertz CT molecular complexity index is 721. The lowest BCUT2D eigenvalue weighted by Crippen LogP contribution is -2.08. The van der Waals surface area contributed by atoms with Gasteiger partial charge in [-0.25, -0.2) is 9.78 Å². The second-order valence-electron chi connectivity index (χ2n) is 3.95. The van der Waals surface area contributed by atoms with E-state index in [1.807, 2.05) is 41.9 Å². The number of thiazole rings is 1. The molecule has 0 atom stereocenters. The standard InChI is InChI=1S/C14H12N2O2S.BrH/c1-2-18-13(17)12-11(10-6-4-3-5-7-10)15-14-16(12)8-9-19-14;/h3-9H,2H2,1H3;1H. The minimum Gasteiger partial charge on any atom is -0.461 e. The van der Waals surface area contributed by atoms with Gasteiger partial charge in [0.05, 0.1) is 6.61 Å². The summed E-state index contributed by atoms with van der Waals surface area (Å²) in [7, 11) is 0. The van der Waals surface area contributed by atoms with Crippen molar-refractivity contribution in [3.05, 3.63) is 47.6 Å². The van der Waals surface area contributed by atoms with Gasteiger partial charge in [-0.2, -0.15) is 0 Å². The van der Waals surface area contributed by atoms with Gasteiger partial charge in [0, 0.05) is 17.1 Å². The van der Waals surface area contributed by atoms with Gasteiger partial charge in [-0.1, -0.05) is 30.3 Å². The van der Waals surface area contributed by atoms with Crippen molar-refractivity contribution in [2.75, 3.05) is 6.61 Å². The Kier molecular flexibility index (Phi) is 4.57. The fraction of sp³-hybridized carbons (Fsp3) is 0.143. The summed E-state index contributed by atoms with van der Waals surface area (Å²) < 4.78 is 6.91. The Morgan fingerprint density at radius 3 is 2.80 bits per heavy atom. The zero-order valence-corrected chi connectivity index (χ0v) is 13.3. The van der Waals surface area contributed by atoms with Crippen LogP contribution in [0.1, 0.15) is 17.4 Å². The van der Waals surface area contributed by atoms with Gasteiger partial charge in [-0.05, 0) is 6.92 Å². The number of aromatic nitrogens is 2. The molecular formula is C14H13BrN2O2S. The van der Waals surface area contributed by atoms with Crippen LogP contribution in [-0.2, 0) is 4.74 Å². The van der Waals surface area contributed by atoms with Crippen LogP contribution < -0.4 is 0 Å². The molecule has 0 fully saturated rings. The summed E-state index contributed by atoms with van der Waals surface area (Å²) in [6, 6.07) is 9.67. The molecule has 0 unspecified atom stereocenters. The molecule has 2 heterocycles. The number of ether oxygens (including phenoxy) is 1. The first kappa shape index (κ1) is 14.7. The summed E-state index contributed by atoms with van der Waals surface area (Å²) in [5.41, 5.74) is 2.08. The van der Waals surface area contributed by atoms with Crippen LogP contribution in [0.25, 0.3) is 16.2 Å². The number of hydrogen-bond acceptors (Lipinski definition) is 4. The molecule has 0 radical (unpaired) electrons. The molecule has 1 aromatic carbocycles. The van der Waals surface area contributed by atoms with Crippen molar-refractivity contribution in [1.29, 1.82) is 0 Å². The van der Waals surface area contributed by atoms with Crippen molar-refractivity contribution >= 4 is 39.2 Å². The number of hydrogen-bond donors (Lipinski definition) is 0. The second-order valence-corrected chi connectivity index (χ2v) is 4.82. The Labute approximate surface area is 130 Å². The molecule has 3 aromatic rings. The van der Waals surface area contributed by atoms with Crippen LogP contribution in [0.3, 0.4) is 0 Å². The van der Waals surface area contributed by atoms with Crippen molar-refractivity contribution < 1.29 is 9.53 Å². The van der Waals surface area contributed by atoms with Crippen LogP contribution in [0.4, 0.5) is 0 Å². The van der Waals surface area contributed by atoms with Crippen molar-refractivity contribution in [3.8, 4) is 11.3 Å². The van der Waals surface area contributed by atoms with Gasteiger partial charge in [-0.15, -0.1) is 28.3 Å². The van der Waals surface area contributed by atoms with Crippen molar-refractivity contribution in [2.24, 2.45) is 0 Å². The van der Waals surface area contributed by atoms with E-state index in [9.17, 15) is 4.79 Å². The molecule has 0 N–H and O–H groups in total. The summed E-state index contributed by atoms with van der Waals surface area (Å²) in [5.74, 6) is -0.341. The highest BCUT2D eigenvalue weighted by Gasteiger charge is 2.21. The van der Waals surface area contributed by atoms with Crippen LogP contribution in [-0.4, -0.2) is 22.0 Å². The van der Waals surface area contributed by atoms with E-state index in [0.29, 0.717) is 18.0 Å². The first-order chi connectivity index (χ1) is 9.31. The average Bonchev–Trinajstić information content (AvgIpc) is 2.99. The van der Waals surface area contributed by atoms with Crippen LogP contribution in [0, 0.1) is 0 Å². The SMILES string of the molecule is Br.CCOC(=O)c1c(-c2ccccc2)nc2sccn12. The number of nitrogens with zero attached hydrogens (tertiary/aromatic N) is 2. The highest BCUT2D eigenvalue weighted by atomic mass is 79.9. The van der Waals surface area contributed by atoms with Gasteiger partial charge < -0.3 is 4.74 Å². The average molecular weight is 353 g/mol. The molecule has 0 aliphatic rings. The number of carbonyl (C=O) groups excluding carboxylic acids is 1. The third-order valence-electron chi connectivity index (χ3n) is 2.78. The number of halogens is 1. The van der Waals surface area contributed by atoms with Gasteiger partial charge in [-0.3, -0.25) is 4.40 Å². The third kappa shape index (κ3) is 2.48. The molecule has 0 amide bonds. The largest absolute Gasteiger partial charge is 0.461 e. The number of benzene rings is 1. The Balaban J connectivity index is 0.00000147. The lowest BCUT2D eigenvalue weighted by atomic mass is 10.1. The predicted octanol–water partition coefficient (Wildman–Crippen LogP) is 3.82. The maximum atomic E-state index is 12.1. The van der Waals surface area contributed by atoms with Crippen LogP contribution in [0.2, 0.25) is 0 Å². The maximum Gasteiger partial charge on any atom is 0.357 e. The third-order valence-corrected chi connectivity index (χ3v) is 3.53. The molecule has 6 heteroatoms. The summed E-state index contributed by atoms with van der Waals surface area (Å²) in [6.45, 7) is 2.15. The molecule has 2 aromatic heterocycles. The molecule has 0 spiro atoms. The molecule has 0 saturated heterocycles.